The van der Waals surface area contributed by atoms with Crippen LogP contribution in [0.4, 0.5) is 4.39 Å². The van der Waals surface area contributed by atoms with Crippen molar-refractivity contribution in [1.29, 1.82) is 0 Å². The lowest BCUT2D eigenvalue weighted by atomic mass is 9.97. The third-order valence-corrected chi connectivity index (χ3v) is 4.32. The Morgan fingerprint density at radius 2 is 1.95 bits per heavy atom. The highest BCUT2D eigenvalue weighted by molar-refractivity contribution is 5.16. The molecule has 0 bridgehead atoms. The molecule has 1 aromatic carbocycles. The Balaban J connectivity index is 1.74. The van der Waals surface area contributed by atoms with Gasteiger partial charge >= 0.3 is 0 Å². The fourth-order valence-corrected chi connectivity index (χ4v) is 3.05. The summed E-state index contributed by atoms with van der Waals surface area (Å²) >= 11 is 0. The predicted molar refractivity (Wildman–Crippen MR) is 81.5 cm³/mol. The van der Waals surface area contributed by atoms with Gasteiger partial charge in [0.05, 0.1) is 19.3 Å². The van der Waals surface area contributed by atoms with Gasteiger partial charge in [0, 0.05) is 24.2 Å². The highest BCUT2D eigenvalue weighted by Gasteiger charge is 2.26. The number of hydrogen-bond donors (Lipinski definition) is 1. The number of halogens is 1. The molecular weight excluding hydrogens is 269 g/mol. The summed E-state index contributed by atoms with van der Waals surface area (Å²) in [5.41, 5.74) is 0.532. The lowest BCUT2D eigenvalue weighted by Gasteiger charge is -2.40. The van der Waals surface area contributed by atoms with Gasteiger partial charge < -0.3 is 9.84 Å². The number of rotatable bonds is 6. The van der Waals surface area contributed by atoms with Crippen molar-refractivity contribution in [3.8, 4) is 0 Å². The number of piperidine rings is 1. The summed E-state index contributed by atoms with van der Waals surface area (Å²) in [6.45, 7) is 5.49. The second-order valence-corrected chi connectivity index (χ2v) is 6.09. The smallest absolute Gasteiger partial charge is 0.128 e. The number of ether oxygens (including phenoxy) is 1. The van der Waals surface area contributed by atoms with Gasteiger partial charge in [-0.1, -0.05) is 24.6 Å². The van der Waals surface area contributed by atoms with E-state index >= 15 is 0 Å². The van der Waals surface area contributed by atoms with Crippen molar-refractivity contribution in [1.82, 2.24) is 4.90 Å². The highest BCUT2D eigenvalue weighted by atomic mass is 19.1. The Kier molecular flexibility index (Phi) is 6.15. The summed E-state index contributed by atoms with van der Waals surface area (Å²) < 4.78 is 18.9. The van der Waals surface area contributed by atoms with Crippen molar-refractivity contribution in [3.63, 3.8) is 0 Å². The molecule has 118 valence electrons. The van der Waals surface area contributed by atoms with Crippen molar-refractivity contribution < 1.29 is 14.2 Å². The van der Waals surface area contributed by atoms with Crippen LogP contribution in [0.3, 0.4) is 0 Å². The van der Waals surface area contributed by atoms with Crippen LogP contribution in [-0.2, 0) is 11.3 Å². The van der Waals surface area contributed by atoms with Gasteiger partial charge in [0.1, 0.15) is 5.82 Å². The number of benzene rings is 1. The Hall–Kier alpha value is -0.970. The Morgan fingerprint density at radius 3 is 2.62 bits per heavy atom. The summed E-state index contributed by atoms with van der Waals surface area (Å²) in [7, 11) is 0. The SMILES string of the molecule is C[C@@H]1CCC[C@@H](C)N1C[C@@H](O)COCc1ccccc1F. The molecular formula is C17H26FNO2. The molecule has 0 amide bonds. The number of aliphatic hydroxyl groups excluding tert-OH is 1. The van der Waals surface area contributed by atoms with E-state index in [1.54, 1.807) is 18.2 Å². The van der Waals surface area contributed by atoms with E-state index in [4.69, 9.17) is 4.74 Å². The maximum Gasteiger partial charge on any atom is 0.128 e. The minimum atomic E-state index is -0.528. The first-order chi connectivity index (χ1) is 10.1. The zero-order valence-corrected chi connectivity index (χ0v) is 13.0. The zero-order chi connectivity index (χ0) is 15.2. The fourth-order valence-electron chi connectivity index (χ4n) is 3.05. The van der Waals surface area contributed by atoms with Gasteiger partial charge in [-0.2, -0.15) is 0 Å². The van der Waals surface area contributed by atoms with Crippen LogP contribution >= 0.6 is 0 Å². The molecule has 3 nitrogen and oxygen atoms in total. The van der Waals surface area contributed by atoms with E-state index in [0.29, 0.717) is 24.2 Å². The van der Waals surface area contributed by atoms with Crippen LogP contribution in [-0.4, -0.2) is 41.3 Å². The molecule has 1 aliphatic heterocycles. The summed E-state index contributed by atoms with van der Waals surface area (Å²) in [6.07, 6.45) is 3.11. The van der Waals surface area contributed by atoms with E-state index < -0.39 is 6.10 Å². The first-order valence-electron chi connectivity index (χ1n) is 7.83. The van der Waals surface area contributed by atoms with Crippen molar-refractivity contribution in [2.45, 2.75) is 57.9 Å². The summed E-state index contributed by atoms with van der Waals surface area (Å²) in [5, 5.41) is 10.1. The maximum atomic E-state index is 13.4. The Labute approximate surface area is 126 Å². The number of likely N-dealkylation sites (tertiary alicyclic amines) is 1. The standard InChI is InChI=1S/C17H26FNO2/c1-13-6-5-7-14(2)19(13)10-16(20)12-21-11-15-8-3-4-9-17(15)18/h3-4,8-9,13-14,16,20H,5-7,10-12H2,1-2H3/t13-,14-,16-/m1/s1. The molecule has 0 saturated carbocycles. The summed E-state index contributed by atoms with van der Waals surface area (Å²) in [6, 6.07) is 7.59. The fraction of sp³-hybridized carbons (Fsp3) is 0.647. The largest absolute Gasteiger partial charge is 0.389 e. The minimum Gasteiger partial charge on any atom is -0.389 e. The van der Waals surface area contributed by atoms with E-state index in [2.05, 4.69) is 18.7 Å². The number of β-amino-alcohol motifs (C(OH)–C–C–N with tert-alkyl or cyclic N) is 1. The molecule has 0 radical (unpaired) electrons. The second-order valence-electron chi connectivity index (χ2n) is 6.09. The van der Waals surface area contributed by atoms with Gasteiger partial charge in [-0.05, 0) is 32.8 Å². The first-order valence-corrected chi connectivity index (χ1v) is 7.83. The van der Waals surface area contributed by atoms with Crippen LogP contribution in [0.25, 0.3) is 0 Å². The molecule has 3 atom stereocenters. The van der Waals surface area contributed by atoms with Crippen molar-refractivity contribution in [2.75, 3.05) is 13.2 Å². The maximum absolute atomic E-state index is 13.4. The van der Waals surface area contributed by atoms with Gasteiger partial charge in [-0.3, -0.25) is 4.90 Å². The molecule has 1 saturated heterocycles. The number of nitrogens with zero attached hydrogens (tertiary/aromatic N) is 1. The molecule has 0 unspecified atom stereocenters. The zero-order valence-electron chi connectivity index (χ0n) is 13.0. The molecule has 1 fully saturated rings. The molecule has 0 spiro atoms. The van der Waals surface area contributed by atoms with Crippen molar-refractivity contribution >= 4 is 0 Å². The molecule has 1 heterocycles. The van der Waals surface area contributed by atoms with Crippen LogP contribution in [0.5, 0.6) is 0 Å². The molecule has 0 aromatic heterocycles. The monoisotopic (exact) mass is 295 g/mol. The molecule has 1 aliphatic rings. The normalized spacial score (nSPS) is 25.0. The highest BCUT2D eigenvalue weighted by Crippen LogP contribution is 2.22. The second kappa shape index (κ2) is 7.87. The molecule has 1 N–H and O–H groups in total. The average Bonchev–Trinajstić information content (AvgIpc) is 2.45. The molecule has 0 aliphatic carbocycles. The van der Waals surface area contributed by atoms with E-state index in [-0.39, 0.29) is 19.0 Å². The predicted octanol–water partition coefficient (Wildman–Crippen LogP) is 2.97. The van der Waals surface area contributed by atoms with Crippen LogP contribution in [0, 0.1) is 5.82 Å². The topological polar surface area (TPSA) is 32.7 Å². The van der Waals surface area contributed by atoms with Gasteiger partial charge in [-0.15, -0.1) is 0 Å². The van der Waals surface area contributed by atoms with Gasteiger partial charge in [0.2, 0.25) is 0 Å². The first kappa shape index (κ1) is 16.4. The van der Waals surface area contributed by atoms with Gasteiger partial charge in [0.15, 0.2) is 0 Å². The summed E-state index contributed by atoms with van der Waals surface area (Å²) in [5.74, 6) is -0.259. The molecule has 4 heteroatoms. The van der Waals surface area contributed by atoms with Crippen molar-refractivity contribution in [3.05, 3.63) is 35.6 Å². The van der Waals surface area contributed by atoms with E-state index in [1.165, 1.54) is 25.3 Å². The van der Waals surface area contributed by atoms with Crippen LogP contribution in [0.15, 0.2) is 24.3 Å². The average molecular weight is 295 g/mol. The van der Waals surface area contributed by atoms with E-state index in [0.717, 1.165) is 0 Å². The van der Waals surface area contributed by atoms with Gasteiger partial charge in [-0.25, -0.2) is 4.39 Å². The third kappa shape index (κ3) is 4.77. The lowest BCUT2D eigenvalue weighted by molar-refractivity contribution is -0.0140. The number of aliphatic hydroxyl groups is 1. The lowest BCUT2D eigenvalue weighted by Crippen LogP contribution is -2.48. The van der Waals surface area contributed by atoms with Crippen LogP contribution in [0.2, 0.25) is 0 Å². The quantitative estimate of drug-likeness (QED) is 0.876. The van der Waals surface area contributed by atoms with E-state index in [1.807, 2.05) is 0 Å². The minimum absolute atomic E-state index is 0.203. The third-order valence-electron chi connectivity index (χ3n) is 4.32. The summed E-state index contributed by atoms with van der Waals surface area (Å²) in [4.78, 5) is 2.35. The van der Waals surface area contributed by atoms with Crippen molar-refractivity contribution in [2.24, 2.45) is 0 Å². The van der Waals surface area contributed by atoms with Crippen LogP contribution in [0.1, 0.15) is 38.7 Å². The molecule has 2 rings (SSSR count). The Morgan fingerprint density at radius 1 is 1.29 bits per heavy atom. The van der Waals surface area contributed by atoms with E-state index in [9.17, 15) is 9.50 Å². The molecule has 1 aromatic rings. The molecule has 21 heavy (non-hydrogen) atoms. The van der Waals surface area contributed by atoms with Gasteiger partial charge in [0.25, 0.3) is 0 Å². The van der Waals surface area contributed by atoms with Crippen LogP contribution < -0.4 is 0 Å². The Bertz CT molecular complexity index is 431. The number of hydrogen-bond acceptors (Lipinski definition) is 3.